The lowest BCUT2D eigenvalue weighted by Gasteiger charge is -2.14. The molecule has 1 aliphatic rings. The lowest BCUT2D eigenvalue weighted by molar-refractivity contribution is -0.137. The molecule has 1 saturated carbocycles. The van der Waals surface area contributed by atoms with Gasteiger partial charge in [-0.2, -0.15) is 0 Å². The molecule has 4 heteroatoms. The summed E-state index contributed by atoms with van der Waals surface area (Å²) >= 11 is 0. The van der Waals surface area contributed by atoms with Gasteiger partial charge in [-0.05, 0) is 25.2 Å². The first-order chi connectivity index (χ1) is 6.61. The second-order valence-electron chi connectivity index (χ2n) is 3.92. The number of carbonyl (C=O) groups is 2. The van der Waals surface area contributed by atoms with E-state index in [-0.39, 0.29) is 18.4 Å². The monoisotopic (exact) mass is 199 g/mol. The molecule has 0 aromatic rings. The van der Waals surface area contributed by atoms with E-state index >= 15 is 0 Å². The SMILES string of the molecule is CCC(CC(=O)O)NC(=O)CC1CC1. The van der Waals surface area contributed by atoms with Crippen molar-refractivity contribution in [3.05, 3.63) is 0 Å². The summed E-state index contributed by atoms with van der Waals surface area (Å²) in [6, 6.07) is -0.209. The van der Waals surface area contributed by atoms with E-state index in [0.29, 0.717) is 18.8 Å². The van der Waals surface area contributed by atoms with Crippen LogP contribution in [0.3, 0.4) is 0 Å². The van der Waals surface area contributed by atoms with Crippen molar-refractivity contribution in [3.8, 4) is 0 Å². The Morgan fingerprint density at radius 3 is 2.57 bits per heavy atom. The number of nitrogens with one attached hydrogen (secondary N) is 1. The summed E-state index contributed by atoms with van der Waals surface area (Å²) in [5.41, 5.74) is 0. The average molecular weight is 199 g/mol. The van der Waals surface area contributed by atoms with Gasteiger partial charge in [0.1, 0.15) is 0 Å². The summed E-state index contributed by atoms with van der Waals surface area (Å²) in [5, 5.41) is 11.3. The molecule has 1 aliphatic carbocycles. The molecule has 2 N–H and O–H groups in total. The van der Waals surface area contributed by atoms with Crippen molar-refractivity contribution in [2.75, 3.05) is 0 Å². The zero-order valence-corrected chi connectivity index (χ0v) is 8.45. The van der Waals surface area contributed by atoms with E-state index in [1.165, 1.54) is 0 Å². The molecule has 1 fully saturated rings. The molecule has 0 bridgehead atoms. The van der Waals surface area contributed by atoms with Crippen molar-refractivity contribution in [1.82, 2.24) is 5.32 Å². The smallest absolute Gasteiger partial charge is 0.305 e. The Labute approximate surface area is 83.7 Å². The Kier molecular flexibility index (Phi) is 3.92. The van der Waals surface area contributed by atoms with Gasteiger partial charge >= 0.3 is 5.97 Å². The number of carboxylic acid groups (broad SMARTS) is 1. The van der Waals surface area contributed by atoms with E-state index in [0.717, 1.165) is 12.8 Å². The Morgan fingerprint density at radius 1 is 1.50 bits per heavy atom. The van der Waals surface area contributed by atoms with Crippen molar-refractivity contribution < 1.29 is 14.7 Å². The Morgan fingerprint density at radius 2 is 2.14 bits per heavy atom. The molecule has 0 aromatic heterocycles. The lowest BCUT2D eigenvalue weighted by Crippen LogP contribution is -2.36. The molecule has 14 heavy (non-hydrogen) atoms. The van der Waals surface area contributed by atoms with Gasteiger partial charge in [0.25, 0.3) is 0 Å². The molecule has 0 spiro atoms. The maximum absolute atomic E-state index is 11.3. The Bertz CT molecular complexity index is 223. The topological polar surface area (TPSA) is 66.4 Å². The summed E-state index contributed by atoms with van der Waals surface area (Å²) in [6.45, 7) is 1.88. The van der Waals surface area contributed by atoms with Gasteiger partial charge in [-0.1, -0.05) is 6.92 Å². The van der Waals surface area contributed by atoms with Crippen LogP contribution >= 0.6 is 0 Å². The number of hydrogen-bond acceptors (Lipinski definition) is 2. The van der Waals surface area contributed by atoms with Gasteiger partial charge in [0.15, 0.2) is 0 Å². The number of hydrogen-bond donors (Lipinski definition) is 2. The predicted molar refractivity (Wildman–Crippen MR) is 51.8 cm³/mol. The molecular weight excluding hydrogens is 182 g/mol. The molecule has 1 amide bonds. The highest BCUT2D eigenvalue weighted by Gasteiger charge is 2.25. The largest absolute Gasteiger partial charge is 0.481 e. The van der Waals surface area contributed by atoms with E-state index in [1.807, 2.05) is 6.92 Å². The minimum absolute atomic E-state index is 0.000556. The van der Waals surface area contributed by atoms with Crippen LogP contribution in [-0.4, -0.2) is 23.0 Å². The van der Waals surface area contributed by atoms with Crippen molar-refractivity contribution in [2.45, 2.75) is 45.1 Å². The molecule has 0 heterocycles. The maximum Gasteiger partial charge on any atom is 0.305 e. The van der Waals surface area contributed by atoms with Crippen LogP contribution in [-0.2, 0) is 9.59 Å². The van der Waals surface area contributed by atoms with Crippen LogP contribution in [0, 0.1) is 5.92 Å². The number of amides is 1. The van der Waals surface area contributed by atoms with Gasteiger partial charge in [0, 0.05) is 12.5 Å². The molecule has 0 aromatic carbocycles. The first-order valence-corrected chi connectivity index (χ1v) is 5.13. The van der Waals surface area contributed by atoms with Gasteiger partial charge in [-0.25, -0.2) is 0 Å². The first-order valence-electron chi connectivity index (χ1n) is 5.13. The van der Waals surface area contributed by atoms with Gasteiger partial charge < -0.3 is 10.4 Å². The van der Waals surface area contributed by atoms with Crippen molar-refractivity contribution in [1.29, 1.82) is 0 Å². The van der Waals surface area contributed by atoms with Crippen molar-refractivity contribution in [3.63, 3.8) is 0 Å². The Hall–Kier alpha value is -1.06. The summed E-state index contributed by atoms with van der Waals surface area (Å²) < 4.78 is 0. The van der Waals surface area contributed by atoms with Gasteiger partial charge in [0.05, 0.1) is 6.42 Å². The third-order valence-electron chi connectivity index (χ3n) is 2.45. The van der Waals surface area contributed by atoms with Crippen LogP contribution in [0.2, 0.25) is 0 Å². The lowest BCUT2D eigenvalue weighted by atomic mass is 10.1. The van der Waals surface area contributed by atoms with Crippen LogP contribution in [0.15, 0.2) is 0 Å². The van der Waals surface area contributed by atoms with E-state index in [2.05, 4.69) is 5.32 Å². The molecule has 1 atom stereocenters. The van der Waals surface area contributed by atoms with E-state index < -0.39 is 5.97 Å². The van der Waals surface area contributed by atoms with Crippen LogP contribution in [0.25, 0.3) is 0 Å². The standard InChI is InChI=1S/C10H17NO3/c1-2-8(6-10(13)14)11-9(12)5-7-3-4-7/h7-8H,2-6H2,1H3,(H,11,12)(H,13,14). The van der Waals surface area contributed by atoms with E-state index in [1.54, 1.807) is 0 Å². The zero-order chi connectivity index (χ0) is 10.6. The normalized spacial score (nSPS) is 17.5. The highest BCUT2D eigenvalue weighted by molar-refractivity contribution is 5.77. The minimum Gasteiger partial charge on any atom is -0.481 e. The maximum atomic E-state index is 11.3. The Balaban J connectivity index is 2.23. The number of carbonyl (C=O) groups excluding carboxylic acids is 1. The predicted octanol–water partition coefficient (Wildman–Crippen LogP) is 1.16. The molecule has 80 valence electrons. The molecule has 0 saturated heterocycles. The summed E-state index contributed by atoms with van der Waals surface area (Å²) in [5.74, 6) is -0.304. The number of rotatable bonds is 6. The third-order valence-corrected chi connectivity index (χ3v) is 2.45. The van der Waals surface area contributed by atoms with Gasteiger partial charge in [-0.3, -0.25) is 9.59 Å². The number of carboxylic acids is 1. The highest BCUT2D eigenvalue weighted by Crippen LogP contribution is 2.32. The average Bonchev–Trinajstić information content (AvgIpc) is 2.86. The first kappa shape index (κ1) is 11.0. The van der Waals surface area contributed by atoms with Crippen LogP contribution in [0.5, 0.6) is 0 Å². The van der Waals surface area contributed by atoms with Gasteiger partial charge in [-0.15, -0.1) is 0 Å². The van der Waals surface area contributed by atoms with Crippen LogP contribution in [0.1, 0.15) is 39.0 Å². The molecular formula is C10H17NO3. The summed E-state index contributed by atoms with van der Waals surface area (Å²) in [4.78, 5) is 21.8. The fraction of sp³-hybridized carbons (Fsp3) is 0.800. The quantitative estimate of drug-likeness (QED) is 0.674. The second kappa shape index (κ2) is 4.98. The summed E-state index contributed by atoms with van der Waals surface area (Å²) in [7, 11) is 0. The van der Waals surface area contributed by atoms with E-state index in [4.69, 9.17) is 5.11 Å². The molecule has 4 nitrogen and oxygen atoms in total. The molecule has 1 rings (SSSR count). The second-order valence-corrected chi connectivity index (χ2v) is 3.92. The van der Waals surface area contributed by atoms with Crippen molar-refractivity contribution >= 4 is 11.9 Å². The number of aliphatic carboxylic acids is 1. The van der Waals surface area contributed by atoms with Crippen LogP contribution in [0.4, 0.5) is 0 Å². The molecule has 0 aliphatic heterocycles. The minimum atomic E-state index is -0.858. The third kappa shape index (κ3) is 4.25. The summed E-state index contributed by atoms with van der Waals surface area (Å²) in [6.07, 6.45) is 3.54. The zero-order valence-electron chi connectivity index (χ0n) is 8.45. The fourth-order valence-corrected chi connectivity index (χ4v) is 1.38. The van der Waals surface area contributed by atoms with Crippen LogP contribution < -0.4 is 5.32 Å². The molecule has 0 radical (unpaired) electrons. The molecule has 1 unspecified atom stereocenters. The van der Waals surface area contributed by atoms with E-state index in [9.17, 15) is 9.59 Å². The van der Waals surface area contributed by atoms with Crippen molar-refractivity contribution in [2.24, 2.45) is 5.92 Å². The fourth-order valence-electron chi connectivity index (χ4n) is 1.38. The highest BCUT2D eigenvalue weighted by atomic mass is 16.4. The van der Waals surface area contributed by atoms with Gasteiger partial charge in [0.2, 0.25) is 5.91 Å².